The van der Waals surface area contributed by atoms with E-state index < -0.39 is 21.6 Å². The molecule has 0 saturated carbocycles. The number of hydrogen-bond acceptors (Lipinski definition) is 4. The van der Waals surface area contributed by atoms with Gasteiger partial charge in [0.15, 0.2) is 0 Å². The Balaban J connectivity index is 3.20. The summed E-state index contributed by atoms with van der Waals surface area (Å²) in [4.78, 5) is 10.8. The van der Waals surface area contributed by atoms with Gasteiger partial charge in [-0.15, -0.1) is 0 Å². The Hall–Kier alpha value is -0.960. The third kappa shape index (κ3) is 4.02. The first kappa shape index (κ1) is 17.1. The van der Waals surface area contributed by atoms with Gasteiger partial charge in [-0.2, -0.15) is 4.31 Å². The number of likely N-dealkylation sites (N-methyl/N-ethyl adjacent to an activating group) is 1. The van der Waals surface area contributed by atoms with Gasteiger partial charge in [-0.25, -0.2) is 13.2 Å². The molecule has 0 saturated heterocycles. The molecule has 0 spiro atoms. The number of rotatable bonds is 5. The first-order chi connectivity index (χ1) is 8.95. The Bertz CT molecular complexity index is 621. The van der Waals surface area contributed by atoms with E-state index in [0.29, 0.717) is 0 Å². The van der Waals surface area contributed by atoms with Crippen molar-refractivity contribution in [3.63, 3.8) is 0 Å². The molecule has 0 bridgehead atoms. The van der Waals surface area contributed by atoms with Gasteiger partial charge < -0.3 is 10.2 Å². The van der Waals surface area contributed by atoms with Gasteiger partial charge in [0.05, 0.1) is 16.1 Å². The smallest absolute Gasteiger partial charge is 0.335 e. The summed E-state index contributed by atoms with van der Waals surface area (Å²) in [7, 11) is -2.46. The zero-order valence-electron chi connectivity index (χ0n) is 11.3. The van der Waals surface area contributed by atoms with Gasteiger partial charge in [-0.3, -0.25) is 0 Å². The number of benzene rings is 1. The van der Waals surface area contributed by atoms with Crippen molar-refractivity contribution in [3.05, 3.63) is 28.2 Å². The minimum absolute atomic E-state index is 0.0130. The summed E-state index contributed by atoms with van der Waals surface area (Å²) >= 11 is 3.07. The average Bonchev–Trinajstić information content (AvgIpc) is 2.25. The van der Waals surface area contributed by atoms with Gasteiger partial charge in [0.1, 0.15) is 0 Å². The molecule has 0 aromatic heterocycles. The van der Waals surface area contributed by atoms with Crippen LogP contribution in [0.5, 0.6) is 0 Å². The Labute approximate surface area is 126 Å². The summed E-state index contributed by atoms with van der Waals surface area (Å²) in [5, 5.41) is 18.5. The van der Waals surface area contributed by atoms with Crippen LogP contribution in [0.3, 0.4) is 0 Å². The lowest BCUT2D eigenvalue weighted by Gasteiger charge is -2.25. The van der Waals surface area contributed by atoms with Gasteiger partial charge in [-0.1, -0.05) is 0 Å². The molecule has 1 aromatic rings. The molecule has 0 aliphatic carbocycles. The quantitative estimate of drug-likeness (QED) is 0.824. The molecule has 112 valence electrons. The molecule has 0 unspecified atom stereocenters. The third-order valence-corrected chi connectivity index (χ3v) is 5.26. The first-order valence-electron chi connectivity index (χ1n) is 5.67. The van der Waals surface area contributed by atoms with E-state index in [2.05, 4.69) is 15.9 Å². The standard InChI is InChI=1S/C12H16BrNO5S/c1-12(2,17)7-14(3)20(18,19)10-5-4-8(11(15)16)6-9(10)13/h4-6,17H,7H2,1-3H3,(H,15,16). The van der Waals surface area contributed by atoms with Crippen LogP contribution >= 0.6 is 15.9 Å². The van der Waals surface area contributed by atoms with Gasteiger partial charge in [0, 0.05) is 18.1 Å². The minimum Gasteiger partial charge on any atom is -0.478 e. The predicted molar refractivity (Wildman–Crippen MR) is 77.2 cm³/mol. The van der Waals surface area contributed by atoms with Crippen molar-refractivity contribution in [2.24, 2.45) is 0 Å². The number of hydrogen-bond donors (Lipinski definition) is 2. The number of aliphatic hydroxyl groups is 1. The molecular formula is C12H16BrNO5S. The van der Waals surface area contributed by atoms with Crippen molar-refractivity contribution < 1.29 is 23.4 Å². The molecule has 2 N–H and O–H groups in total. The maximum Gasteiger partial charge on any atom is 0.335 e. The molecule has 0 aliphatic heterocycles. The fraction of sp³-hybridized carbons (Fsp3) is 0.417. The highest BCUT2D eigenvalue weighted by Crippen LogP contribution is 2.26. The largest absolute Gasteiger partial charge is 0.478 e. The number of nitrogens with zero attached hydrogens (tertiary/aromatic N) is 1. The van der Waals surface area contributed by atoms with Crippen molar-refractivity contribution >= 4 is 31.9 Å². The van der Waals surface area contributed by atoms with E-state index in [-0.39, 0.29) is 21.5 Å². The van der Waals surface area contributed by atoms with Gasteiger partial charge in [-0.05, 0) is 48.0 Å². The predicted octanol–water partition coefficient (Wildman–Crippen LogP) is 1.54. The van der Waals surface area contributed by atoms with Gasteiger partial charge in [0.2, 0.25) is 10.0 Å². The molecule has 0 amide bonds. The van der Waals surface area contributed by atoms with Crippen LogP contribution in [0, 0.1) is 0 Å². The molecule has 0 atom stereocenters. The average molecular weight is 366 g/mol. The van der Waals surface area contributed by atoms with E-state index in [0.717, 1.165) is 4.31 Å². The van der Waals surface area contributed by atoms with E-state index in [9.17, 15) is 18.3 Å². The maximum absolute atomic E-state index is 12.3. The Kier molecular flexibility index (Phi) is 4.96. The van der Waals surface area contributed by atoms with Crippen LogP contribution in [0.15, 0.2) is 27.6 Å². The topological polar surface area (TPSA) is 94.9 Å². The molecule has 0 radical (unpaired) electrons. The van der Waals surface area contributed by atoms with Crippen LogP contribution in [0.4, 0.5) is 0 Å². The normalized spacial score (nSPS) is 12.7. The summed E-state index contributed by atoms with van der Waals surface area (Å²) in [6.07, 6.45) is 0. The van der Waals surface area contributed by atoms with Gasteiger partial charge in [0.25, 0.3) is 0 Å². The van der Waals surface area contributed by atoms with Crippen molar-refractivity contribution in [2.45, 2.75) is 24.3 Å². The highest BCUT2D eigenvalue weighted by atomic mass is 79.9. The summed E-state index contributed by atoms with van der Waals surface area (Å²) < 4.78 is 25.9. The van der Waals surface area contributed by atoms with Gasteiger partial charge >= 0.3 is 5.97 Å². The van der Waals surface area contributed by atoms with Crippen LogP contribution < -0.4 is 0 Å². The lowest BCUT2D eigenvalue weighted by Crippen LogP contribution is -2.39. The molecule has 0 aliphatic rings. The SMILES string of the molecule is CN(CC(C)(C)O)S(=O)(=O)c1ccc(C(=O)O)cc1Br. The van der Waals surface area contributed by atoms with Crippen molar-refractivity contribution in [2.75, 3.05) is 13.6 Å². The fourth-order valence-corrected chi connectivity index (χ4v) is 4.00. The van der Waals surface area contributed by atoms with Crippen molar-refractivity contribution in [3.8, 4) is 0 Å². The summed E-state index contributed by atoms with van der Waals surface area (Å²) in [5.41, 5.74) is -1.18. The van der Waals surface area contributed by atoms with Crippen LogP contribution in [-0.2, 0) is 10.0 Å². The number of halogens is 1. The molecule has 20 heavy (non-hydrogen) atoms. The minimum atomic E-state index is -3.81. The van der Waals surface area contributed by atoms with E-state index in [1.807, 2.05) is 0 Å². The third-order valence-electron chi connectivity index (χ3n) is 2.48. The van der Waals surface area contributed by atoms with E-state index in [4.69, 9.17) is 5.11 Å². The number of carbonyl (C=O) groups is 1. The molecule has 8 heteroatoms. The Morgan fingerprint density at radius 1 is 1.40 bits per heavy atom. The number of aromatic carboxylic acids is 1. The number of sulfonamides is 1. The lowest BCUT2D eigenvalue weighted by atomic mass is 10.1. The number of carboxylic acid groups (broad SMARTS) is 1. The molecule has 0 heterocycles. The van der Waals surface area contributed by atoms with Crippen LogP contribution in [0.25, 0.3) is 0 Å². The lowest BCUT2D eigenvalue weighted by molar-refractivity contribution is 0.0639. The molecular weight excluding hydrogens is 350 g/mol. The van der Waals surface area contributed by atoms with Crippen molar-refractivity contribution in [1.29, 1.82) is 0 Å². The summed E-state index contributed by atoms with van der Waals surface area (Å²) in [6.45, 7) is 2.92. The fourth-order valence-electron chi connectivity index (χ4n) is 1.64. The second-order valence-electron chi connectivity index (χ2n) is 5.02. The monoisotopic (exact) mass is 365 g/mol. The molecule has 1 aromatic carbocycles. The Morgan fingerprint density at radius 3 is 2.35 bits per heavy atom. The molecule has 1 rings (SSSR count). The summed E-state index contributed by atoms with van der Waals surface area (Å²) in [5.74, 6) is -1.14. The van der Waals surface area contributed by atoms with Crippen LogP contribution in [0.1, 0.15) is 24.2 Å². The molecule has 0 fully saturated rings. The van der Waals surface area contributed by atoms with E-state index >= 15 is 0 Å². The summed E-state index contributed by atoms with van der Waals surface area (Å²) in [6, 6.07) is 3.68. The van der Waals surface area contributed by atoms with Crippen LogP contribution in [-0.4, -0.2) is 48.1 Å². The zero-order chi connectivity index (χ0) is 15.7. The highest BCUT2D eigenvalue weighted by molar-refractivity contribution is 9.10. The van der Waals surface area contributed by atoms with Crippen LogP contribution in [0.2, 0.25) is 0 Å². The highest BCUT2D eigenvalue weighted by Gasteiger charge is 2.28. The second-order valence-corrected chi connectivity index (χ2v) is 7.89. The number of carboxylic acids is 1. The molecule has 6 nitrogen and oxygen atoms in total. The maximum atomic E-state index is 12.3. The van der Waals surface area contributed by atoms with E-state index in [1.54, 1.807) is 0 Å². The van der Waals surface area contributed by atoms with Crippen molar-refractivity contribution in [1.82, 2.24) is 4.31 Å². The first-order valence-corrected chi connectivity index (χ1v) is 7.90. The second kappa shape index (κ2) is 5.80. The van der Waals surface area contributed by atoms with E-state index in [1.165, 1.54) is 39.1 Å². The zero-order valence-corrected chi connectivity index (χ0v) is 13.7. The Morgan fingerprint density at radius 2 is 1.95 bits per heavy atom.